The van der Waals surface area contributed by atoms with Gasteiger partial charge in [0.25, 0.3) is 11.6 Å². The van der Waals surface area contributed by atoms with Gasteiger partial charge in [-0.25, -0.2) is 9.59 Å². The van der Waals surface area contributed by atoms with Gasteiger partial charge in [0, 0.05) is 0 Å². The Morgan fingerprint density at radius 1 is 0.550 bits per heavy atom. The molecule has 12 nitrogen and oxygen atoms in total. The summed E-state index contributed by atoms with van der Waals surface area (Å²) in [6, 6.07) is 0. The van der Waals surface area contributed by atoms with E-state index in [1.54, 1.807) is 0 Å². The summed E-state index contributed by atoms with van der Waals surface area (Å²) in [4.78, 5) is 38.3. The Morgan fingerprint density at radius 2 is 0.650 bits per heavy atom. The first-order valence-electron chi connectivity index (χ1n) is 4.11. The number of Topliss-reactive ketones (excluding diaryl/α,β-unsaturated/α-hetero) is 2. The highest BCUT2D eigenvalue weighted by Gasteiger charge is 2.34. The van der Waals surface area contributed by atoms with Crippen LogP contribution >= 0.6 is 0 Å². The number of carbonyl (C=O) groups is 4. The minimum atomic E-state index is -1.83. The molecule has 0 aromatic carbocycles. The number of aliphatic hydroxyl groups excluding tert-OH is 4. The Balaban J connectivity index is 0. The van der Waals surface area contributed by atoms with Crippen LogP contribution in [0.1, 0.15) is 0 Å². The minimum absolute atomic E-state index is 1.27. The molecule has 112 valence electrons. The van der Waals surface area contributed by atoms with E-state index in [0.29, 0.717) is 0 Å². The van der Waals surface area contributed by atoms with E-state index in [1.807, 2.05) is 0 Å². The molecule has 12 heteroatoms. The average molecular weight is 296 g/mol. The highest BCUT2D eigenvalue weighted by Crippen LogP contribution is 2.17. The van der Waals surface area contributed by atoms with Crippen LogP contribution in [0, 0.1) is 0 Å². The minimum Gasteiger partial charge on any atom is -0.501 e. The van der Waals surface area contributed by atoms with Gasteiger partial charge in [-0.1, -0.05) is 0 Å². The van der Waals surface area contributed by atoms with Crippen LogP contribution in [0.15, 0.2) is 23.0 Å². The normalized spacial score (nSPS) is 13.8. The van der Waals surface area contributed by atoms with Crippen LogP contribution in [0.5, 0.6) is 0 Å². The van der Waals surface area contributed by atoms with Crippen molar-refractivity contribution in [3.63, 3.8) is 0 Å². The van der Waals surface area contributed by atoms with Gasteiger partial charge in [-0.05, 0) is 0 Å². The summed E-state index contributed by atoms with van der Waals surface area (Å²) in [7, 11) is 0. The van der Waals surface area contributed by atoms with Crippen molar-refractivity contribution in [2.45, 2.75) is 0 Å². The van der Waals surface area contributed by atoms with Crippen LogP contribution in [0.4, 0.5) is 9.59 Å². The Morgan fingerprint density at radius 3 is 0.750 bits per heavy atom. The summed E-state index contributed by atoms with van der Waals surface area (Å²) in [6.07, 6.45) is -3.67. The topological polar surface area (TPSA) is 230 Å². The van der Waals surface area contributed by atoms with Gasteiger partial charge < -0.3 is 40.9 Å². The third-order valence-electron chi connectivity index (χ3n) is 1.31. The van der Waals surface area contributed by atoms with E-state index >= 15 is 0 Å². The Hall–Kier alpha value is -3.44. The van der Waals surface area contributed by atoms with E-state index < -0.39 is 46.9 Å². The second-order valence-corrected chi connectivity index (χ2v) is 2.62. The standard InChI is InChI=1S/C6H4O6.2CH2O3/c7-1-2(8)4(10)6(12)5(11)3(1)9;2*2-1(3)4/h7-8,11-12H;2*(H2,2,3,4). The molecule has 20 heavy (non-hydrogen) atoms. The number of hydrogen-bond acceptors (Lipinski definition) is 8. The van der Waals surface area contributed by atoms with Gasteiger partial charge in [0.15, 0.2) is 0 Å². The van der Waals surface area contributed by atoms with Gasteiger partial charge in [-0.2, -0.15) is 0 Å². The quantitative estimate of drug-likeness (QED) is 0.281. The smallest absolute Gasteiger partial charge is 0.501 e. The van der Waals surface area contributed by atoms with E-state index in [4.69, 9.17) is 50.4 Å². The number of carbonyl (C=O) groups excluding carboxylic acids is 2. The number of hydrogen-bond donors (Lipinski definition) is 8. The molecule has 0 amide bonds. The van der Waals surface area contributed by atoms with Crippen molar-refractivity contribution in [3.05, 3.63) is 23.0 Å². The van der Waals surface area contributed by atoms with Crippen LogP contribution in [-0.4, -0.2) is 64.7 Å². The fourth-order valence-electron chi connectivity index (χ4n) is 0.654. The summed E-state index contributed by atoms with van der Waals surface area (Å²) in [6.45, 7) is 0. The molecule has 0 heterocycles. The lowest BCUT2D eigenvalue weighted by Gasteiger charge is -2.08. The molecule has 0 spiro atoms. The molecule has 0 radical (unpaired) electrons. The summed E-state index contributed by atoms with van der Waals surface area (Å²) < 4.78 is 0. The Bertz CT molecular complexity index is 414. The molecule has 1 rings (SSSR count). The summed E-state index contributed by atoms with van der Waals surface area (Å²) in [5, 5.41) is 62.5. The Kier molecular flexibility index (Phi) is 7.38. The van der Waals surface area contributed by atoms with Gasteiger partial charge in [0.2, 0.25) is 23.0 Å². The maximum atomic E-state index is 10.6. The summed E-state index contributed by atoms with van der Waals surface area (Å²) in [5.41, 5.74) is 0. The van der Waals surface area contributed by atoms with E-state index in [1.165, 1.54) is 0 Å². The largest absolute Gasteiger partial charge is 0.503 e. The predicted molar refractivity (Wildman–Crippen MR) is 55.9 cm³/mol. The lowest BCUT2D eigenvalue weighted by molar-refractivity contribution is -0.124. The van der Waals surface area contributed by atoms with Crippen molar-refractivity contribution in [2.24, 2.45) is 0 Å². The number of rotatable bonds is 0. The lowest BCUT2D eigenvalue weighted by Crippen LogP contribution is -2.23. The highest BCUT2D eigenvalue weighted by atomic mass is 16.6. The molecule has 1 aliphatic rings. The zero-order valence-electron chi connectivity index (χ0n) is 9.21. The van der Waals surface area contributed by atoms with Gasteiger partial charge in [-0.3, -0.25) is 9.59 Å². The van der Waals surface area contributed by atoms with Gasteiger partial charge in [0.1, 0.15) is 0 Å². The molecule has 0 fully saturated rings. The van der Waals surface area contributed by atoms with Gasteiger partial charge in [-0.15, -0.1) is 0 Å². The summed E-state index contributed by atoms with van der Waals surface area (Å²) in [5.74, 6) is -7.84. The van der Waals surface area contributed by atoms with Crippen LogP contribution in [-0.2, 0) is 9.59 Å². The molecule has 0 saturated carbocycles. The van der Waals surface area contributed by atoms with Crippen molar-refractivity contribution in [3.8, 4) is 0 Å². The molecule has 0 aromatic rings. The van der Waals surface area contributed by atoms with Gasteiger partial charge in [0.05, 0.1) is 0 Å². The molecule has 0 aromatic heterocycles. The second kappa shape index (κ2) is 7.80. The fourth-order valence-corrected chi connectivity index (χ4v) is 0.654. The van der Waals surface area contributed by atoms with E-state index in [9.17, 15) is 9.59 Å². The zero-order valence-corrected chi connectivity index (χ0v) is 9.21. The highest BCUT2D eigenvalue weighted by molar-refractivity contribution is 6.21. The van der Waals surface area contributed by atoms with Crippen molar-refractivity contribution in [1.29, 1.82) is 0 Å². The third-order valence-corrected chi connectivity index (χ3v) is 1.31. The zero-order chi connectivity index (χ0) is 16.6. The lowest BCUT2D eigenvalue weighted by atomic mass is 10.1. The Labute approximate surface area is 108 Å². The molecule has 1 aliphatic carbocycles. The number of carboxylic acid groups (broad SMARTS) is 4. The molecular formula is C8H8O12. The second-order valence-electron chi connectivity index (χ2n) is 2.62. The van der Waals surface area contributed by atoms with Crippen LogP contribution in [0.2, 0.25) is 0 Å². The fraction of sp³-hybridized carbons (Fsp3) is 0. The van der Waals surface area contributed by atoms with Crippen molar-refractivity contribution < 1.29 is 60.0 Å². The molecule has 8 N–H and O–H groups in total. The van der Waals surface area contributed by atoms with E-state index in [2.05, 4.69) is 0 Å². The monoisotopic (exact) mass is 296 g/mol. The van der Waals surface area contributed by atoms with Crippen LogP contribution in [0.3, 0.4) is 0 Å². The average Bonchev–Trinajstić information content (AvgIpc) is 2.30. The molecule has 0 aliphatic heterocycles. The van der Waals surface area contributed by atoms with Crippen molar-refractivity contribution in [2.75, 3.05) is 0 Å². The van der Waals surface area contributed by atoms with Crippen molar-refractivity contribution >= 4 is 23.9 Å². The van der Waals surface area contributed by atoms with Crippen molar-refractivity contribution in [1.82, 2.24) is 0 Å². The van der Waals surface area contributed by atoms with E-state index in [-0.39, 0.29) is 0 Å². The molecule has 0 unspecified atom stereocenters. The number of aliphatic hydroxyl groups is 4. The first kappa shape index (κ1) is 18.9. The first-order chi connectivity index (χ1) is 8.93. The SMILES string of the molecule is O=C(O)O.O=C(O)O.O=C1C(O)=C(O)C(=O)C(O)=C1O. The maximum absolute atomic E-state index is 10.6. The summed E-state index contributed by atoms with van der Waals surface area (Å²) >= 11 is 0. The predicted octanol–water partition coefficient (Wildman–Crippen LogP) is 0.238. The number of ketones is 2. The van der Waals surface area contributed by atoms with E-state index in [0.717, 1.165) is 0 Å². The third kappa shape index (κ3) is 6.33. The molecule has 0 atom stereocenters. The van der Waals surface area contributed by atoms with Gasteiger partial charge >= 0.3 is 12.3 Å². The first-order valence-corrected chi connectivity index (χ1v) is 4.11. The molecule has 0 saturated heterocycles. The van der Waals surface area contributed by atoms with Crippen LogP contribution < -0.4 is 0 Å². The van der Waals surface area contributed by atoms with Crippen LogP contribution in [0.25, 0.3) is 0 Å². The maximum Gasteiger partial charge on any atom is 0.503 e. The molecular weight excluding hydrogens is 288 g/mol. The molecule has 0 bridgehead atoms.